The molecular formula is C13H18N2O. The Hall–Kier alpha value is -1.35. The molecule has 1 aliphatic heterocycles. The van der Waals surface area contributed by atoms with Gasteiger partial charge in [0.2, 0.25) is 5.91 Å². The molecule has 1 fully saturated rings. The zero-order chi connectivity index (χ0) is 11.4. The van der Waals surface area contributed by atoms with Gasteiger partial charge in [-0.1, -0.05) is 18.2 Å². The van der Waals surface area contributed by atoms with Crippen molar-refractivity contribution in [2.24, 2.45) is 5.92 Å². The van der Waals surface area contributed by atoms with Gasteiger partial charge in [0, 0.05) is 12.1 Å². The molecule has 1 aromatic rings. The Bertz CT molecular complexity index is 370. The third-order valence-corrected chi connectivity index (χ3v) is 3.06. The molecule has 0 radical (unpaired) electrons. The molecule has 0 bridgehead atoms. The molecule has 0 spiro atoms. The first kappa shape index (κ1) is 11.1. The van der Waals surface area contributed by atoms with Crippen molar-refractivity contribution < 1.29 is 4.79 Å². The minimum atomic E-state index is 0.128. The number of aryl methyl sites for hydroxylation is 1. The standard InChI is InChI=1S/C13H18N2O/c1-10-4-2-3-5-12(10)15-13(16)8-11-6-7-14-9-11/h2-5,11,14H,6-9H2,1H3,(H,15,16). The summed E-state index contributed by atoms with van der Waals surface area (Å²) in [5.74, 6) is 0.631. The molecule has 1 aromatic carbocycles. The van der Waals surface area contributed by atoms with Gasteiger partial charge in [-0.05, 0) is 44.0 Å². The predicted molar refractivity (Wildman–Crippen MR) is 65.4 cm³/mol. The van der Waals surface area contributed by atoms with Crippen molar-refractivity contribution in [1.82, 2.24) is 5.32 Å². The molecule has 0 aromatic heterocycles. The summed E-state index contributed by atoms with van der Waals surface area (Å²) in [5.41, 5.74) is 2.04. The van der Waals surface area contributed by atoms with Gasteiger partial charge < -0.3 is 10.6 Å². The van der Waals surface area contributed by atoms with E-state index < -0.39 is 0 Å². The molecular weight excluding hydrogens is 200 g/mol. The van der Waals surface area contributed by atoms with Crippen molar-refractivity contribution in [1.29, 1.82) is 0 Å². The maximum atomic E-state index is 11.8. The summed E-state index contributed by atoms with van der Waals surface area (Å²) in [6, 6.07) is 7.87. The fourth-order valence-corrected chi connectivity index (χ4v) is 2.07. The minimum Gasteiger partial charge on any atom is -0.326 e. The zero-order valence-electron chi connectivity index (χ0n) is 9.62. The average molecular weight is 218 g/mol. The number of nitrogens with one attached hydrogen (secondary N) is 2. The summed E-state index contributed by atoms with van der Waals surface area (Å²) in [6.07, 6.45) is 1.74. The van der Waals surface area contributed by atoms with Crippen molar-refractivity contribution in [2.75, 3.05) is 18.4 Å². The Morgan fingerprint density at radius 3 is 3.00 bits per heavy atom. The van der Waals surface area contributed by atoms with Crippen LogP contribution in [0.25, 0.3) is 0 Å². The number of amides is 1. The maximum Gasteiger partial charge on any atom is 0.224 e. The van der Waals surface area contributed by atoms with Crippen molar-refractivity contribution in [3.8, 4) is 0 Å². The van der Waals surface area contributed by atoms with Gasteiger partial charge in [0.1, 0.15) is 0 Å². The summed E-state index contributed by atoms with van der Waals surface area (Å²) in [5, 5.41) is 6.24. The molecule has 1 amide bonds. The van der Waals surface area contributed by atoms with E-state index >= 15 is 0 Å². The van der Waals surface area contributed by atoms with Gasteiger partial charge in [-0.25, -0.2) is 0 Å². The molecule has 2 rings (SSSR count). The highest BCUT2D eigenvalue weighted by atomic mass is 16.1. The van der Waals surface area contributed by atoms with Crippen LogP contribution < -0.4 is 10.6 Å². The van der Waals surface area contributed by atoms with Crippen LogP contribution in [0.2, 0.25) is 0 Å². The molecule has 1 saturated heterocycles. The summed E-state index contributed by atoms with van der Waals surface area (Å²) < 4.78 is 0. The average Bonchev–Trinajstić information content (AvgIpc) is 2.74. The summed E-state index contributed by atoms with van der Waals surface area (Å²) in [6.45, 7) is 4.02. The lowest BCUT2D eigenvalue weighted by atomic mass is 10.0. The molecule has 86 valence electrons. The number of para-hydroxylation sites is 1. The van der Waals surface area contributed by atoms with Crippen molar-refractivity contribution in [3.05, 3.63) is 29.8 Å². The van der Waals surface area contributed by atoms with Gasteiger partial charge in [-0.3, -0.25) is 4.79 Å². The highest BCUT2D eigenvalue weighted by Crippen LogP contribution is 2.16. The summed E-state index contributed by atoms with van der Waals surface area (Å²) >= 11 is 0. The Labute approximate surface area is 96.2 Å². The van der Waals surface area contributed by atoms with Crippen LogP contribution >= 0.6 is 0 Å². The first-order valence-corrected chi connectivity index (χ1v) is 5.82. The van der Waals surface area contributed by atoms with Gasteiger partial charge in [-0.2, -0.15) is 0 Å². The van der Waals surface area contributed by atoms with Crippen molar-refractivity contribution >= 4 is 11.6 Å². The van der Waals surface area contributed by atoms with Crippen LogP contribution in [0, 0.1) is 12.8 Å². The second-order valence-corrected chi connectivity index (χ2v) is 4.43. The number of hydrogen-bond acceptors (Lipinski definition) is 2. The molecule has 1 heterocycles. The van der Waals surface area contributed by atoms with Gasteiger partial charge in [-0.15, -0.1) is 0 Å². The van der Waals surface area contributed by atoms with E-state index in [1.165, 1.54) is 0 Å². The zero-order valence-corrected chi connectivity index (χ0v) is 9.62. The SMILES string of the molecule is Cc1ccccc1NC(=O)CC1CCNC1. The topological polar surface area (TPSA) is 41.1 Å². The minimum absolute atomic E-state index is 0.128. The normalized spacial score (nSPS) is 19.7. The quantitative estimate of drug-likeness (QED) is 0.814. The van der Waals surface area contributed by atoms with Crippen LogP contribution in [0.5, 0.6) is 0 Å². The molecule has 2 N–H and O–H groups in total. The van der Waals surface area contributed by atoms with Crippen LogP contribution in [-0.2, 0) is 4.79 Å². The first-order chi connectivity index (χ1) is 7.75. The van der Waals surface area contributed by atoms with Crippen molar-refractivity contribution in [3.63, 3.8) is 0 Å². The van der Waals surface area contributed by atoms with Crippen LogP contribution in [0.1, 0.15) is 18.4 Å². The highest BCUT2D eigenvalue weighted by molar-refractivity contribution is 5.91. The van der Waals surface area contributed by atoms with E-state index in [9.17, 15) is 4.79 Å². The Morgan fingerprint density at radius 2 is 2.31 bits per heavy atom. The summed E-state index contributed by atoms with van der Waals surface area (Å²) in [7, 11) is 0. The Balaban J connectivity index is 1.89. The van der Waals surface area contributed by atoms with E-state index in [-0.39, 0.29) is 5.91 Å². The molecule has 3 nitrogen and oxygen atoms in total. The predicted octanol–water partition coefficient (Wildman–Crippen LogP) is 1.93. The third-order valence-electron chi connectivity index (χ3n) is 3.06. The highest BCUT2D eigenvalue weighted by Gasteiger charge is 2.18. The molecule has 0 aliphatic carbocycles. The lowest BCUT2D eigenvalue weighted by Gasteiger charge is -2.10. The monoisotopic (exact) mass is 218 g/mol. The molecule has 16 heavy (non-hydrogen) atoms. The fourth-order valence-electron chi connectivity index (χ4n) is 2.07. The van der Waals surface area contributed by atoms with E-state index in [4.69, 9.17) is 0 Å². The van der Waals surface area contributed by atoms with E-state index in [2.05, 4.69) is 10.6 Å². The number of hydrogen-bond donors (Lipinski definition) is 2. The molecule has 1 aliphatic rings. The van der Waals surface area contributed by atoms with Gasteiger partial charge >= 0.3 is 0 Å². The van der Waals surface area contributed by atoms with E-state index in [1.54, 1.807) is 0 Å². The van der Waals surface area contributed by atoms with Gasteiger partial charge in [0.15, 0.2) is 0 Å². The van der Waals surface area contributed by atoms with Crippen LogP contribution in [0.3, 0.4) is 0 Å². The third kappa shape index (κ3) is 2.83. The number of carbonyl (C=O) groups is 1. The largest absolute Gasteiger partial charge is 0.326 e. The first-order valence-electron chi connectivity index (χ1n) is 5.82. The van der Waals surface area contributed by atoms with Gasteiger partial charge in [0.05, 0.1) is 0 Å². The maximum absolute atomic E-state index is 11.8. The Kier molecular flexibility index (Phi) is 3.57. The number of carbonyl (C=O) groups excluding carboxylic acids is 1. The lowest BCUT2D eigenvalue weighted by Crippen LogP contribution is -2.18. The van der Waals surface area contributed by atoms with E-state index in [1.807, 2.05) is 31.2 Å². The van der Waals surface area contributed by atoms with Crippen LogP contribution in [0.4, 0.5) is 5.69 Å². The van der Waals surface area contributed by atoms with E-state index in [0.29, 0.717) is 12.3 Å². The van der Waals surface area contributed by atoms with Crippen LogP contribution in [-0.4, -0.2) is 19.0 Å². The van der Waals surface area contributed by atoms with Gasteiger partial charge in [0.25, 0.3) is 0 Å². The number of anilines is 1. The summed E-state index contributed by atoms with van der Waals surface area (Å²) in [4.78, 5) is 11.8. The molecule has 1 unspecified atom stereocenters. The fraction of sp³-hybridized carbons (Fsp3) is 0.462. The smallest absolute Gasteiger partial charge is 0.224 e. The molecule has 1 atom stereocenters. The number of rotatable bonds is 3. The van der Waals surface area contributed by atoms with E-state index in [0.717, 1.165) is 30.8 Å². The Morgan fingerprint density at radius 1 is 1.50 bits per heavy atom. The molecule has 3 heteroatoms. The van der Waals surface area contributed by atoms with Crippen LogP contribution in [0.15, 0.2) is 24.3 Å². The molecule has 0 saturated carbocycles. The van der Waals surface area contributed by atoms with Crippen molar-refractivity contribution in [2.45, 2.75) is 19.8 Å². The lowest BCUT2D eigenvalue weighted by molar-refractivity contribution is -0.116. The second kappa shape index (κ2) is 5.12. The second-order valence-electron chi connectivity index (χ2n) is 4.43. The number of benzene rings is 1.